The lowest BCUT2D eigenvalue weighted by atomic mass is 9.53. The first kappa shape index (κ1) is 21.3. The quantitative estimate of drug-likeness (QED) is 0.471. The number of ketones is 2. The minimum Gasteiger partial charge on any atom is -0.468 e. The van der Waals surface area contributed by atoms with E-state index in [9.17, 15) is 19.2 Å². The first-order valence-electron chi connectivity index (χ1n) is 11.1. The van der Waals surface area contributed by atoms with Crippen LogP contribution in [0.2, 0.25) is 0 Å². The summed E-state index contributed by atoms with van der Waals surface area (Å²) in [7, 11) is 1.13. The number of carbonyl (C=O) groups excluding carboxylic acids is 4. The Kier molecular flexibility index (Phi) is 5.01. The molecule has 1 spiro atoms. The highest BCUT2D eigenvalue weighted by molar-refractivity contribution is 6.21. The average molecular weight is 446 g/mol. The zero-order valence-corrected chi connectivity index (χ0v) is 18.0. The lowest BCUT2D eigenvalue weighted by molar-refractivity contribution is -0.228. The molecule has 6 atom stereocenters. The number of rotatable bonds is 3. The Morgan fingerprint density at radius 3 is 2.56 bits per heavy atom. The van der Waals surface area contributed by atoms with Gasteiger partial charge in [-0.1, -0.05) is 6.42 Å². The Labute approximate surface area is 185 Å². The molecule has 0 bridgehead atoms. The molecular weight excluding hydrogens is 420 g/mol. The second-order valence-corrected chi connectivity index (χ2v) is 8.92. The molecular formula is C23H26O9. The van der Waals surface area contributed by atoms with E-state index in [1.165, 1.54) is 6.08 Å². The molecule has 2 saturated heterocycles. The van der Waals surface area contributed by atoms with Crippen molar-refractivity contribution in [1.82, 2.24) is 0 Å². The first-order valence-corrected chi connectivity index (χ1v) is 11.1. The molecule has 3 fully saturated rings. The fourth-order valence-electron chi connectivity index (χ4n) is 6.04. The van der Waals surface area contributed by atoms with Gasteiger partial charge in [0.2, 0.25) is 6.29 Å². The Morgan fingerprint density at radius 1 is 1.12 bits per heavy atom. The van der Waals surface area contributed by atoms with Crippen LogP contribution in [-0.2, 0) is 42.9 Å². The van der Waals surface area contributed by atoms with Gasteiger partial charge in [0.1, 0.15) is 17.8 Å². The van der Waals surface area contributed by atoms with Gasteiger partial charge in [-0.05, 0) is 38.0 Å². The Hall–Kier alpha value is -2.52. The van der Waals surface area contributed by atoms with Gasteiger partial charge in [-0.3, -0.25) is 19.2 Å². The fourth-order valence-corrected chi connectivity index (χ4v) is 6.04. The van der Waals surface area contributed by atoms with E-state index in [2.05, 4.69) is 0 Å². The monoisotopic (exact) mass is 446 g/mol. The lowest BCUT2D eigenvalue weighted by Gasteiger charge is -2.46. The third-order valence-electron chi connectivity index (χ3n) is 7.35. The molecule has 0 N–H and O–H groups in total. The largest absolute Gasteiger partial charge is 0.468 e. The minimum absolute atomic E-state index is 0.0443. The van der Waals surface area contributed by atoms with Crippen LogP contribution in [0, 0.1) is 23.2 Å². The van der Waals surface area contributed by atoms with Gasteiger partial charge in [-0.15, -0.1) is 0 Å². The minimum atomic E-state index is -2.08. The van der Waals surface area contributed by atoms with Crippen molar-refractivity contribution in [1.29, 1.82) is 0 Å². The van der Waals surface area contributed by atoms with Crippen LogP contribution in [0.4, 0.5) is 0 Å². The van der Waals surface area contributed by atoms with Crippen LogP contribution >= 0.6 is 0 Å². The maximum Gasteiger partial charge on any atom is 0.321 e. The van der Waals surface area contributed by atoms with Gasteiger partial charge in [0.25, 0.3) is 0 Å². The zero-order chi connectivity index (χ0) is 22.7. The number of esters is 2. The molecule has 2 aliphatic heterocycles. The van der Waals surface area contributed by atoms with Crippen LogP contribution in [-0.4, -0.2) is 55.4 Å². The van der Waals surface area contributed by atoms with Crippen molar-refractivity contribution < 1.29 is 42.9 Å². The van der Waals surface area contributed by atoms with Gasteiger partial charge in [0.05, 0.1) is 25.6 Å². The summed E-state index contributed by atoms with van der Waals surface area (Å²) in [6, 6.07) is 0. The topological polar surface area (TPSA) is 114 Å². The number of allylic oxidation sites excluding steroid dienone is 2. The fraction of sp³-hybridized carbons (Fsp3) is 0.652. The van der Waals surface area contributed by atoms with E-state index >= 15 is 0 Å². The Bertz CT molecular complexity index is 928. The van der Waals surface area contributed by atoms with Gasteiger partial charge < -0.3 is 23.7 Å². The average Bonchev–Trinajstić information content (AvgIpc) is 3.28. The van der Waals surface area contributed by atoms with E-state index in [1.54, 1.807) is 6.92 Å². The number of methoxy groups -OCH3 is 1. The summed E-state index contributed by atoms with van der Waals surface area (Å²) in [5, 5.41) is 0. The molecule has 9 nitrogen and oxygen atoms in total. The van der Waals surface area contributed by atoms with Gasteiger partial charge in [-0.25, -0.2) is 0 Å². The second-order valence-electron chi connectivity index (χ2n) is 8.92. The zero-order valence-electron chi connectivity index (χ0n) is 18.0. The lowest BCUT2D eigenvalue weighted by Crippen LogP contribution is -2.62. The number of hydrogen-bond donors (Lipinski definition) is 0. The van der Waals surface area contributed by atoms with Crippen molar-refractivity contribution in [3.8, 4) is 0 Å². The van der Waals surface area contributed by atoms with Gasteiger partial charge in [0, 0.05) is 12.8 Å². The van der Waals surface area contributed by atoms with Crippen molar-refractivity contribution in [3.05, 3.63) is 24.0 Å². The van der Waals surface area contributed by atoms with Crippen molar-refractivity contribution >= 4 is 23.5 Å². The molecule has 5 rings (SSSR count). The predicted molar refractivity (Wildman–Crippen MR) is 105 cm³/mol. The van der Waals surface area contributed by atoms with E-state index in [0.29, 0.717) is 18.6 Å². The van der Waals surface area contributed by atoms with Crippen molar-refractivity contribution in [3.63, 3.8) is 0 Å². The van der Waals surface area contributed by atoms with Crippen LogP contribution in [0.25, 0.3) is 0 Å². The smallest absolute Gasteiger partial charge is 0.321 e. The summed E-state index contributed by atoms with van der Waals surface area (Å²) in [5.41, 5.74) is -2.08. The highest BCUT2D eigenvalue weighted by Gasteiger charge is 2.72. The molecule has 5 aliphatic rings. The second kappa shape index (κ2) is 7.52. The normalized spacial score (nSPS) is 38.9. The van der Waals surface area contributed by atoms with Crippen LogP contribution < -0.4 is 0 Å². The number of fused-ring (bicyclic) bond motifs is 5. The van der Waals surface area contributed by atoms with Crippen LogP contribution in [0.3, 0.4) is 0 Å². The molecule has 32 heavy (non-hydrogen) atoms. The summed E-state index contributed by atoms with van der Waals surface area (Å²) >= 11 is 0. The molecule has 2 unspecified atom stereocenters. The van der Waals surface area contributed by atoms with Crippen molar-refractivity contribution in [2.45, 2.75) is 57.2 Å². The van der Waals surface area contributed by atoms with Gasteiger partial charge in [-0.2, -0.15) is 0 Å². The molecule has 0 aromatic carbocycles. The molecule has 2 heterocycles. The SMILES string of the molecule is CCOC(=O)C1C=C2O[C@@H]3OC4(CCCCC4)O[C@@H]3C2[C@H]2C(=O)C=CC(=O)[C@@]12C(=O)OC. The molecule has 3 aliphatic carbocycles. The summed E-state index contributed by atoms with van der Waals surface area (Å²) in [6.07, 6.45) is 6.56. The third kappa shape index (κ3) is 2.76. The molecule has 9 heteroatoms. The van der Waals surface area contributed by atoms with Gasteiger partial charge >= 0.3 is 11.9 Å². The number of hydrogen-bond acceptors (Lipinski definition) is 9. The highest BCUT2D eigenvalue weighted by Crippen LogP contribution is 2.59. The molecule has 0 aromatic heterocycles. The van der Waals surface area contributed by atoms with Crippen LogP contribution in [0.1, 0.15) is 39.0 Å². The van der Waals surface area contributed by atoms with Crippen molar-refractivity contribution in [2.75, 3.05) is 13.7 Å². The van der Waals surface area contributed by atoms with Gasteiger partial charge in [0.15, 0.2) is 22.8 Å². The highest BCUT2D eigenvalue weighted by atomic mass is 16.8. The first-order chi connectivity index (χ1) is 15.4. The molecule has 0 aromatic rings. The Morgan fingerprint density at radius 2 is 1.88 bits per heavy atom. The predicted octanol–water partition coefficient (Wildman–Crippen LogP) is 1.60. The summed E-state index contributed by atoms with van der Waals surface area (Å²) in [5.74, 6) is -6.70. The molecule has 1 saturated carbocycles. The maximum atomic E-state index is 13.3. The van der Waals surface area contributed by atoms with Crippen LogP contribution in [0.15, 0.2) is 24.0 Å². The summed E-state index contributed by atoms with van der Waals surface area (Å²) < 4.78 is 28.8. The van der Waals surface area contributed by atoms with E-state index in [1.807, 2.05) is 0 Å². The van der Waals surface area contributed by atoms with E-state index < -0.39 is 64.9 Å². The van der Waals surface area contributed by atoms with Crippen molar-refractivity contribution in [2.24, 2.45) is 23.2 Å². The maximum absolute atomic E-state index is 13.3. The summed E-state index contributed by atoms with van der Waals surface area (Å²) in [6.45, 7) is 1.66. The number of carbonyl (C=O) groups is 4. The van der Waals surface area contributed by atoms with E-state index in [4.69, 9.17) is 23.7 Å². The summed E-state index contributed by atoms with van der Waals surface area (Å²) in [4.78, 5) is 52.7. The molecule has 0 amide bonds. The van der Waals surface area contributed by atoms with E-state index in [0.717, 1.165) is 38.5 Å². The third-order valence-corrected chi connectivity index (χ3v) is 7.35. The standard InChI is InChI=1S/C23H26O9/c1-3-29-19(26)12-11-14-16(17-13(24)7-8-15(25)23(12,17)21(27)28-2)18-20(30-14)32-22(31-18)9-5-4-6-10-22/h7-8,11-12,16-18,20H,3-6,9-10H2,1-2H3/t12?,16?,17-,18-,20-,23+/m1/s1. The van der Waals surface area contributed by atoms with E-state index in [-0.39, 0.29) is 6.61 Å². The molecule has 0 radical (unpaired) electrons. The molecule has 172 valence electrons. The Balaban J connectivity index is 1.63. The number of ether oxygens (including phenoxy) is 5. The van der Waals surface area contributed by atoms with Crippen LogP contribution in [0.5, 0.6) is 0 Å².